The third kappa shape index (κ3) is 7.63. The maximum absolute atomic E-state index is 13.3. The minimum Gasteiger partial charge on any atom is -0.875 e. The highest BCUT2D eigenvalue weighted by Gasteiger charge is 2.39. The molecule has 0 amide bonds. The molecule has 2 unspecified atom stereocenters. The minimum atomic E-state index is -0.801. The molecule has 0 bridgehead atoms. The average Bonchev–Trinajstić information content (AvgIpc) is 3.55. The average molecular weight is 602 g/mol. The third-order valence-electron chi connectivity index (χ3n) is 10.7. The second kappa shape index (κ2) is 14.9. The molecule has 3 aliphatic heterocycles. The van der Waals surface area contributed by atoms with Crippen molar-refractivity contribution < 1.29 is 38.7 Å². The molecule has 8 nitrogen and oxygen atoms in total. The molecule has 0 spiro atoms. The van der Waals surface area contributed by atoms with Crippen LogP contribution in [-0.4, -0.2) is 67.7 Å². The molecule has 0 radical (unpaired) electrons. The lowest BCUT2D eigenvalue weighted by atomic mass is 9.66. The first-order chi connectivity index (χ1) is 20.5. The molecule has 242 valence electrons. The predicted molar refractivity (Wildman–Crippen MR) is 162 cm³/mol. The van der Waals surface area contributed by atoms with Crippen molar-refractivity contribution in [2.75, 3.05) is 20.3 Å². The summed E-state index contributed by atoms with van der Waals surface area (Å²) >= 11 is 0. The van der Waals surface area contributed by atoms with Crippen LogP contribution in [0.3, 0.4) is 0 Å². The number of esters is 1. The molecule has 4 rings (SSSR count). The SMILES string of the molecule is COC(C)[C@@H]1C[C@H](C)C([C@H](C)/C=C/[C@H]2CC[C@H](C)[C@@H](/C(=C/[C@@H]3CCC[C@H](C)[C@H]3[C@@H](C)/C([O-])=C3\C(=O)COC3=O)CO)O2)O1. The van der Waals surface area contributed by atoms with Crippen LogP contribution < -0.4 is 5.11 Å². The Morgan fingerprint density at radius 1 is 1.05 bits per heavy atom. The van der Waals surface area contributed by atoms with Gasteiger partial charge in [0.05, 0.1) is 42.7 Å². The smallest absolute Gasteiger partial charge is 0.341 e. The van der Waals surface area contributed by atoms with Gasteiger partial charge >= 0.3 is 5.97 Å². The van der Waals surface area contributed by atoms with Gasteiger partial charge in [-0.25, -0.2) is 4.79 Å². The number of aliphatic hydroxyl groups is 1. The molecule has 1 aliphatic carbocycles. The Labute approximate surface area is 257 Å². The van der Waals surface area contributed by atoms with Crippen LogP contribution in [0.2, 0.25) is 0 Å². The maximum Gasteiger partial charge on any atom is 0.341 e. The predicted octanol–water partition coefficient (Wildman–Crippen LogP) is 4.54. The Balaban J connectivity index is 1.48. The Kier molecular flexibility index (Phi) is 11.7. The largest absolute Gasteiger partial charge is 0.875 e. The third-order valence-corrected chi connectivity index (χ3v) is 10.7. The van der Waals surface area contributed by atoms with Gasteiger partial charge in [-0.1, -0.05) is 65.7 Å². The van der Waals surface area contributed by atoms with Crippen LogP contribution in [0.4, 0.5) is 0 Å². The molecule has 0 aromatic carbocycles. The van der Waals surface area contributed by atoms with Gasteiger partial charge in [-0.05, 0) is 73.7 Å². The Morgan fingerprint density at radius 2 is 1.79 bits per heavy atom. The number of hydrogen-bond donors (Lipinski definition) is 1. The molecule has 3 saturated heterocycles. The van der Waals surface area contributed by atoms with E-state index < -0.39 is 23.4 Å². The first-order valence-corrected chi connectivity index (χ1v) is 16.4. The van der Waals surface area contributed by atoms with Crippen molar-refractivity contribution in [3.8, 4) is 0 Å². The van der Waals surface area contributed by atoms with Crippen molar-refractivity contribution in [1.82, 2.24) is 0 Å². The highest BCUT2D eigenvalue weighted by atomic mass is 16.6. The van der Waals surface area contributed by atoms with E-state index >= 15 is 0 Å². The summed E-state index contributed by atoms with van der Waals surface area (Å²) < 4.78 is 23.4. The van der Waals surface area contributed by atoms with Crippen molar-refractivity contribution >= 4 is 11.8 Å². The lowest BCUT2D eigenvalue weighted by Gasteiger charge is -2.43. The standard InChI is InChI=1S/C35H54O8/c1-19-9-8-10-25(30(19)23(5)32(38)31-28(37)18-41-35(31)39)16-26(17-36)34-21(3)12-14-27(42-34)13-11-20(2)33-22(4)15-29(43-33)24(6)40-7/h11,13,16,19-25,27,29-30,33-34,36,38H,8-10,12,14-15,17-18H2,1-7H3/p-1/b13-11+,26-16+,32-31-/t19-,20+,21-,22-,23+,24?,25-,27-,29-,30-,33?,34-/m0/s1. The molecule has 0 aromatic rings. The Bertz CT molecular complexity index is 1060. The Morgan fingerprint density at radius 3 is 2.44 bits per heavy atom. The van der Waals surface area contributed by atoms with E-state index in [9.17, 15) is 19.8 Å². The van der Waals surface area contributed by atoms with Gasteiger partial charge < -0.3 is 29.2 Å². The van der Waals surface area contributed by atoms with Gasteiger partial charge in [0.1, 0.15) is 0 Å². The summed E-state index contributed by atoms with van der Waals surface area (Å²) in [5.41, 5.74) is 0.542. The Hall–Kier alpha value is -2.00. The highest BCUT2D eigenvalue weighted by molar-refractivity contribution is 6.22. The molecule has 4 aliphatic rings. The summed E-state index contributed by atoms with van der Waals surface area (Å²) in [5, 5.41) is 23.9. The quantitative estimate of drug-likeness (QED) is 0.128. The van der Waals surface area contributed by atoms with Crippen LogP contribution >= 0.6 is 0 Å². The summed E-state index contributed by atoms with van der Waals surface area (Å²) in [6, 6.07) is 0. The first kappa shape index (κ1) is 33.9. The van der Waals surface area contributed by atoms with Crippen molar-refractivity contribution in [3.05, 3.63) is 35.1 Å². The van der Waals surface area contributed by atoms with Crippen molar-refractivity contribution in [2.24, 2.45) is 41.4 Å². The summed E-state index contributed by atoms with van der Waals surface area (Å²) in [7, 11) is 1.73. The van der Waals surface area contributed by atoms with Gasteiger partial charge in [-0.2, -0.15) is 0 Å². The van der Waals surface area contributed by atoms with Crippen molar-refractivity contribution in [2.45, 2.75) is 111 Å². The van der Waals surface area contributed by atoms with Crippen LogP contribution in [0.5, 0.6) is 0 Å². The molecule has 12 atom stereocenters. The number of Topliss-reactive ketones (excluding diaryl/α,β-unsaturated/α-hetero) is 1. The fourth-order valence-corrected chi connectivity index (χ4v) is 8.04. The van der Waals surface area contributed by atoms with Gasteiger partial charge in [0.2, 0.25) is 5.78 Å². The molecular formula is C35H53O8-. The van der Waals surface area contributed by atoms with Crippen LogP contribution in [0, 0.1) is 41.4 Å². The molecule has 8 heteroatoms. The lowest BCUT2D eigenvalue weighted by molar-refractivity contribution is -0.319. The van der Waals surface area contributed by atoms with E-state index in [1.54, 1.807) is 7.11 Å². The number of hydrogen-bond acceptors (Lipinski definition) is 8. The van der Waals surface area contributed by atoms with E-state index in [0.29, 0.717) is 5.92 Å². The summed E-state index contributed by atoms with van der Waals surface area (Å²) in [4.78, 5) is 24.4. The van der Waals surface area contributed by atoms with Gasteiger partial charge in [0.25, 0.3) is 0 Å². The minimum absolute atomic E-state index is 0.0353. The number of ether oxygens (including phenoxy) is 4. The van der Waals surface area contributed by atoms with Crippen LogP contribution in [0.15, 0.2) is 35.1 Å². The van der Waals surface area contributed by atoms with E-state index in [1.807, 2.05) is 6.92 Å². The second-order valence-corrected chi connectivity index (χ2v) is 13.8. The topological polar surface area (TPSA) is 114 Å². The van der Waals surface area contributed by atoms with Gasteiger partial charge in [0.15, 0.2) is 6.61 Å². The van der Waals surface area contributed by atoms with Crippen molar-refractivity contribution in [3.63, 3.8) is 0 Å². The van der Waals surface area contributed by atoms with Crippen LogP contribution in [0.1, 0.15) is 80.1 Å². The maximum atomic E-state index is 13.3. The number of ketones is 1. The number of allylic oxidation sites excluding steroid dienone is 2. The monoisotopic (exact) mass is 601 g/mol. The zero-order valence-corrected chi connectivity index (χ0v) is 27.1. The number of aliphatic hydroxyl groups excluding tert-OH is 1. The van der Waals surface area contributed by atoms with Gasteiger partial charge in [0, 0.05) is 13.0 Å². The second-order valence-electron chi connectivity index (χ2n) is 13.8. The van der Waals surface area contributed by atoms with E-state index in [-0.39, 0.29) is 78.9 Å². The highest BCUT2D eigenvalue weighted by Crippen LogP contribution is 2.44. The summed E-state index contributed by atoms with van der Waals surface area (Å²) in [6.45, 7) is 12.2. The van der Waals surface area contributed by atoms with E-state index in [1.165, 1.54) is 0 Å². The van der Waals surface area contributed by atoms with Gasteiger partial charge in [-0.3, -0.25) is 4.79 Å². The molecule has 1 saturated carbocycles. The van der Waals surface area contributed by atoms with Crippen LogP contribution in [-0.2, 0) is 28.5 Å². The number of rotatable bonds is 10. The zero-order chi connectivity index (χ0) is 31.4. The summed E-state index contributed by atoms with van der Waals surface area (Å²) in [6.07, 6.45) is 12.4. The first-order valence-electron chi connectivity index (χ1n) is 16.4. The van der Waals surface area contributed by atoms with Gasteiger partial charge in [-0.15, -0.1) is 5.76 Å². The summed E-state index contributed by atoms with van der Waals surface area (Å²) in [5.74, 6) is -1.10. The molecular weight excluding hydrogens is 548 g/mol. The molecule has 3 heterocycles. The lowest BCUT2D eigenvalue weighted by Crippen LogP contribution is -2.38. The van der Waals surface area contributed by atoms with Crippen molar-refractivity contribution in [1.29, 1.82) is 0 Å². The van der Waals surface area contributed by atoms with E-state index in [4.69, 9.17) is 18.9 Å². The van der Waals surface area contributed by atoms with Crippen LogP contribution in [0.25, 0.3) is 0 Å². The van der Waals surface area contributed by atoms with E-state index in [2.05, 4.69) is 52.8 Å². The van der Waals surface area contributed by atoms with E-state index in [0.717, 1.165) is 44.1 Å². The zero-order valence-electron chi connectivity index (χ0n) is 27.1. The normalized spacial score (nSPS) is 39.2. The molecule has 0 aromatic heterocycles. The fraction of sp³-hybridized carbons (Fsp3) is 0.771. The molecule has 43 heavy (non-hydrogen) atoms. The fourth-order valence-electron chi connectivity index (χ4n) is 8.04. The number of carbonyl (C=O) groups excluding carboxylic acids is 2. The number of methoxy groups -OCH3 is 1. The molecule has 4 fully saturated rings. The number of cyclic esters (lactones) is 1. The number of carbonyl (C=O) groups is 2. The molecule has 1 N–H and O–H groups in total.